The van der Waals surface area contributed by atoms with Gasteiger partial charge < -0.3 is 5.32 Å². The van der Waals surface area contributed by atoms with Crippen molar-refractivity contribution < 1.29 is 13.6 Å². The van der Waals surface area contributed by atoms with Gasteiger partial charge in [-0.15, -0.1) is 11.3 Å². The van der Waals surface area contributed by atoms with Crippen molar-refractivity contribution in [3.05, 3.63) is 87.4 Å². The van der Waals surface area contributed by atoms with Crippen LogP contribution in [0.5, 0.6) is 0 Å². The van der Waals surface area contributed by atoms with Crippen molar-refractivity contribution in [3.8, 4) is 0 Å². The third kappa shape index (κ3) is 4.91. The van der Waals surface area contributed by atoms with E-state index in [1.54, 1.807) is 35.6 Å². The summed E-state index contributed by atoms with van der Waals surface area (Å²) in [5.41, 5.74) is 2.69. The zero-order valence-electron chi connectivity index (χ0n) is 16.6. The minimum Gasteiger partial charge on any atom is -0.352 e. The van der Waals surface area contributed by atoms with Gasteiger partial charge in [0.1, 0.15) is 11.6 Å². The predicted molar refractivity (Wildman–Crippen MR) is 113 cm³/mol. The average molecular weight is 428 g/mol. The van der Waals surface area contributed by atoms with Gasteiger partial charge in [-0.2, -0.15) is 0 Å². The van der Waals surface area contributed by atoms with Crippen LogP contribution in [0.1, 0.15) is 34.3 Å². The van der Waals surface area contributed by atoms with Crippen LogP contribution in [0.25, 0.3) is 0 Å². The molecule has 0 spiro atoms. The Hall–Kier alpha value is -2.64. The van der Waals surface area contributed by atoms with E-state index in [9.17, 15) is 13.6 Å². The number of aryl methyl sites for hydroxylation is 1. The molecular weight excluding hydrogens is 404 g/mol. The Morgan fingerprint density at radius 1 is 1.20 bits per heavy atom. The van der Waals surface area contributed by atoms with Crippen LogP contribution in [0, 0.1) is 24.5 Å². The van der Waals surface area contributed by atoms with Crippen LogP contribution in [-0.4, -0.2) is 22.3 Å². The summed E-state index contributed by atoms with van der Waals surface area (Å²) in [7, 11) is 0. The highest BCUT2D eigenvalue weighted by atomic mass is 32.1. The Morgan fingerprint density at radius 3 is 2.70 bits per heavy atom. The van der Waals surface area contributed by atoms with Crippen molar-refractivity contribution >= 4 is 17.2 Å². The number of likely N-dealkylation sites (tertiary alicyclic amines) is 1. The van der Waals surface area contributed by atoms with Gasteiger partial charge in [0.15, 0.2) is 0 Å². The summed E-state index contributed by atoms with van der Waals surface area (Å²) < 4.78 is 26.8. The van der Waals surface area contributed by atoms with Crippen molar-refractivity contribution in [2.45, 2.75) is 32.5 Å². The van der Waals surface area contributed by atoms with E-state index in [-0.39, 0.29) is 29.5 Å². The second-order valence-corrected chi connectivity index (χ2v) is 8.70. The number of hydrogen-bond acceptors (Lipinski definition) is 4. The SMILES string of the molecule is Cc1nc(CN2C[C@H](C(=O)NCc3cccc(F)c3)C[C@@H]2c2ccc(F)cc2)cs1. The first kappa shape index (κ1) is 20.6. The van der Waals surface area contributed by atoms with E-state index in [0.29, 0.717) is 26.1 Å². The van der Waals surface area contributed by atoms with E-state index >= 15 is 0 Å². The second-order valence-electron chi connectivity index (χ2n) is 7.64. The molecular formula is C23H23F2N3OS. The summed E-state index contributed by atoms with van der Waals surface area (Å²) in [6.07, 6.45) is 0.643. The van der Waals surface area contributed by atoms with Crippen LogP contribution in [0.3, 0.4) is 0 Å². The normalized spacial score (nSPS) is 19.2. The van der Waals surface area contributed by atoms with Crippen molar-refractivity contribution in [3.63, 3.8) is 0 Å². The molecule has 1 amide bonds. The molecule has 4 rings (SSSR count). The van der Waals surface area contributed by atoms with Crippen molar-refractivity contribution in [2.75, 3.05) is 6.54 Å². The Labute approximate surface area is 178 Å². The molecule has 7 heteroatoms. The number of halogens is 2. The quantitative estimate of drug-likeness (QED) is 0.625. The highest BCUT2D eigenvalue weighted by Crippen LogP contribution is 2.37. The number of carbonyl (C=O) groups excluding carboxylic acids is 1. The van der Waals surface area contributed by atoms with Gasteiger partial charge in [-0.25, -0.2) is 13.8 Å². The molecule has 2 aromatic carbocycles. The molecule has 4 nitrogen and oxygen atoms in total. The lowest BCUT2D eigenvalue weighted by Gasteiger charge is -2.23. The minimum absolute atomic E-state index is 0.0116. The van der Waals surface area contributed by atoms with E-state index in [4.69, 9.17) is 0 Å². The topological polar surface area (TPSA) is 45.2 Å². The van der Waals surface area contributed by atoms with Gasteiger partial charge >= 0.3 is 0 Å². The summed E-state index contributed by atoms with van der Waals surface area (Å²) in [4.78, 5) is 19.6. The molecule has 1 aliphatic heterocycles. The summed E-state index contributed by atoms with van der Waals surface area (Å²) >= 11 is 1.60. The Morgan fingerprint density at radius 2 is 2.00 bits per heavy atom. The Bertz CT molecular complexity index is 1020. The maximum atomic E-state index is 13.4. The maximum absolute atomic E-state index is 13.4. The number of thiazole rings is 1. The van der Waals surface area contributed by atoms with Gasteiger partial charge in [0.2, 0.25) is 5.91 Å². The van der Waals surface area contributed by atoms with E-state index in [0.717, 1.165) is 21.8 Å². The van der Waals surface area contributed by atoms with E-state index in [2.05, 4.69) is 15.2 Å². The maximum Gasteiger partial charge on any atom is 0.224 e. The lowest BCUT2D eigenvalue weighted by Crippen LogP contribution is -2.32. The molecule has 2 heterocycles. The van der Waals surface area contributed by atoms with E-state index < -0.39 is 0 Å². The van der Waals surface area contributed by atoms with Crippen molar-refractivity contribution in [1.82, 2.24) is 15.2 Å². The Balaban J connectivity index is 1.47. The number of rotatable bonds is 6. The number of nitrogens with zero attached hydrogens (tertiary/aromatic N) is 2. The van der Waals surface area contributed by atoms with Crippen LogP contribution in [0.4, 0.5) is 8.78 Å². The molecule has 1 aliphatic rings. The minimum atomic E-state index is -0.316. The number of nitrogens with one attached hydrogen (secondary N) is 1. The number of carbonyl (C=O) groups is 1. The van der Waals surface area contributed by atoms with Gasteiger partial charge in [0.25, 0.3) is 0 Å². The van der Waals surface area contributed by atoms with Crippen molar-refractivity contribution in [1.29, 1.82) is 0 Å². The fraction of sp³-hybridized carbons (Fsp3) is 0.304. The summed E-state index contributed by atoms with van der Waals surface area (Å²) in [5.74, 6) is -0.844. The zero-order valence-corrected chi connectivity index (χ0v) is 17.5. The van der Waals surface area contributed by atoms with Crippen LogP contribution >= 0.6 is 11.3 Å². The van der Waals surface area contributed by atoms with Gasteiger partial charge in [0, 0.05) is 31.1 Å². The molecule has 30 heavy (non-hydrogen) atoms. The molecule has 1 saturated heterocycles. The fourth-order valence-electron chi connectivity index (χ4n) is 3.97. The molecule has 0 bridgehead atoms. The summed E-state index contributed by atoms with van der Waals surface area (Å²) in [6.45, 7) is 3.49. The highest BCUT2D eigenvalue weighted by molar-refractivity contribution is 7.09. The molecule has 1 N–H and O–H groups in total. The summed E-state index contributed by atoms with van der Waals surface area (Å²) in [6, 6.07) is 12.7. The van der Waals surface area contributed by atoms with E-state index in [1.807, 2.05) is 12.3 Å². The lowest BCUT2D eigenvalue weighted by atomic mass is 9.99. The van der Waals surface area contributed by atoms with Crippen LogP contribution in [-0.2, 0) is 17.9 Å². The predicted octanol–water partition coefficient (Wildman–Crippen LogP) is 4.61. The van der Waals surface area contributed by atoms with Gasteiger partial charge in [0.05, 0.1) is 16.6 Å². The van der Waals surface area contributed by atoms with Crippen LogP contribution < -0.4 is 5.32 Å². The zero-order chi connectivity index (χ0) is 21.1. The third-order valence-corrected chi connectivity index (χ3v) is 6.24. The van der Waals surface area contributed by atoms with Gasteiger partial charge in [-0.3, -0.25) is 9.69 Å². The molecule has 0 saturated carbocycles. The van der Waals surface area contributed by atoms with Crippen LogP contribution in [0.2, 0.25) is 0 Å². The Kier molecular flexibility index (Phi) is 6.20. The number of aromatic nitrogens is 1. The number of hydrogen-bond donors (Lipinski definition) is 1. The highest BCUT2D eigenvalue weighted by Gasteiger charge is 2.37. The molecule has 0 aliphatic carbocycles. The first-order chi connectivity index (χ1) is 14.5. The molecule has 1 aromatic heterocycles. The molecule has 1 fully saturated rings. The van der Waals surface area contributed by atoms with Crippen molar-refractivity contribution in [2.24, 2.45) is 5.92 Å². The standard InChI is InChI=1S/C23H23F2N3OS/c1-15-27-21(14-30-15)13-28-12-18(10-22(28)17-5-7-19(24)8-6-17)23(29)26-11-16-3-2-4-20(25)9-16/h2-9,14,18,22H,10-13H2,1H3,(H,26,29)/t18-,22-/m1/s1. The third-order valence-electron chi connectivity index (χ3n) is 5.42. The molecule has 0 unspecified atom stereocenters. The first-order valence-corrected chi connectivity index (χ1v) is 10.8. The fourth-order valence-corrected chi connectivity index (χ4v) is 4.57. The lowest BCUT2D eigenvalue weighted by molar-refractivity contribution is -0.124. The monoisotopic (exact) mass is 427 g/mol. The average Bonchev–Trinajstić information content (AvgIpc) is 3.33. The smallest absolute Gasteiger partial charge is 0.224 e. The largest absolute Gasteiger partial charge is 0.352 e. The first-order valence-electron chi connectivity index (χ1n) is 9.90. The number of amides is 1. The number of benzene rings is 2. The van der Waals surface area contributed by atoms with E-state index in [1.165, 1.54) is 24.3 Å². The van der Waals surface area contributed by atoms with Gasteiger partial charge in [-0.05, 0) is 48.7 Å². The second kappa shape index (κ2) is 9.02. The van der Waals surface area contributed by atoms with Crippen LogP contribution in [0.15, 0.2) is 53.9 Å². The molecule has 0 radical (unpaired) electrons. The molecule has 156 valence electrons. The molecule has 2 atom stereocenters. The molecule has 3 aromatic rings. The van der Waals surface area contributed by atoms with Gasteiger partial charge in [-0.1, -0.05) is 24.3 Å². The summed E-state index contributed by atoms with van der Waals surface area (Å²) in [5, 5.41) is 5.97.